The quantitative estimate of drug-likeness (QED) is 0.346. The molecule has 0 unspecified atom stereocenters. The van der Waals surface area contributed by atoms with E-state index in [0.717, 1.165) is 50.7 Å². The monoisotopic (exact) mass is 337 g/mol. The van der Waals surface area contributed by atoms with Gasteiger partial charge in [0, 0.05) is 33.9 Å². The number of aliphatic imine (C=N–C) groups is 1. The SMILES string of the molecule is CN=C(NCCCOCCOC)NCCCc1cccc(OC)c1. The van der Waals surface area contributed by atoms with Gasteiger partial charge in [-0.1, -0.05) is 12.1 Å². The summed E-state index contributed by atoms with van der Waals surface area (Å²) >= 11 is 0. The van der Waals surface area contributed by atoms with Crippen molar-refractivity contribution in [2.45, 2.75) is 19.3 Å². The molecule has 0 aromatic heterocycles. The molecule has 0 fully saturated rings. The summed E-state index contributed by atoms with van der Waals surface area (Å²) in [5, 5.41) is 6.61. The molecular formula is C18H31N3O3. The summed E-state index contributed by atoms with van der Waals surface area (Å²) in [5.41, 5.74) is 1.28. The number of nitrogens with one attached hydrogen (secondary N) is 2. The van der Waals surface area contributed by atoms with E-state index in [2.05, 4.69) is 27.8 Å². The van der Waals surface area contributed by atoms with Gasteiger partial charge >= 0.3 is 0 Å². The van der Waals surface area contributed by atoms with Crippen molar-refractivity contribution in [3.05, 3.63) is 29.8 Å². The minimum absolute atomic E-state index is 0.643. The third kappa shape index (κ3) is 9.37. The van der Waals surface area contributed by atoms with Gasteiger partial charge < -0.3 is 24.8 Å². The van der Waals surface area contributed by atoms with Crippen LogP contribution in [0.2, 0.25) is 0 Å². The van der Waals surface area contributed by atoms with Crippen LogP contribution in [0.1, 0.15) is 18.4 Å². The van der Waals surface area contributed by atoms with Gasteiger partial charge in [0.05, 0.1) is 20.3 Å². The van der Waals surface area contributed by atoms with Crippen LogP contribution in [-0.4, -0.2) is 60.1 Å². The highest BCUT2D eigenvalue weighted by Crippen LogP contribution is 2.13. The van der Waals surface area contributed by atoms with Gasteiger partial charge in [-0.05, 0) is 37.0 Å². The molecule has 2 N–H and O–H groups in total. The van der Waals surface area contributed by atoms with E-state index in [-0.39, 0.29) is 0 Å². The molecule has 0 saturated heterocycles. The molecule has 0 aliphatic rings. The van der Waals surface area contributed by atoms with Crippen molar-refractivity contribution in [2.24, 2.45) is 4.99 Å². The molecule has 0 heterocycles. The highest BCUT2D eigenvalue weighted by Gasteiger charge is 1.99. The van der Waals surface area contributed by atoms with E-state index in [4.69, 9.17) is 14.2 Å². The second-order valence-electron chi connectivity index (χ2n) is 5.34. The van der Waals surface area contributed by atoms with Gasteiger partial charge in [0.15, 0.2) is 5.96 Å². The molecule has 6 heteroatoms. The lowest BCUT2D eigenvalue weighted by molar-refractivity contribution is 0.0698. The second kappa shape index (κ2) is 13.6. The number of nitrogens with zero attached hydrogens (tertiary/aromatic N) is 1. The zero-order valence-corrected chi connectivity index (χ0v) is 15.1. The van der Waals surface area contributed by atoms with E-state index in [9.17, 15) is 0 Å². The summed E-state index contributed by atoms with van der Waals surface area (Å²) in [5.74, 6) is 1.74. The summed E-state index contributed by atoms with van der Waals surface area (Å²) < 4.78 is 15.6. The summed E-state index contributed by atoms with van der Waals surface area (Å²) in [6, 6.07) is 8.19. The molecule has 0 atom stereocenters. The summed E-state index contributed by atoms with van der Waals surface area (Å²) in [7, 11) is 5.15. The molecule has 0 amide bonds. The Labute approximate surface area is 145 Å². The maximum Gasteiger partial charge on any atom is 0.190 e. The molecule has 1 rings (SSSR count). The van der Waals surface area contributed by atoms with Gasteiger partial charge in [0.1, 0.15) is 5.75 Å². The fourth-order valence-corrected chi connectivity index (χ4v) is 2.17. The van der Waals surface area contributed by atoms with Crippen LogP contribution >= 0.6 is 0 Å². The fourth-order valence-electron chi connectivity index (χ4n) is 2.17. The number of rotatable bonds is 12. The Morgan fingerprint density at radius 1 is 1.04 bits per heavy atom. The first-order valence-electron chi connectivity index (χ1n) is 8.44. The number of benzene rings is 1. The lowest BCUT2D eigenvalue weighted by Gasteiger charge is -2.12. The Bertz CT molecular complexity index is 467. The maximum atomic E-state index is 5.42. The number of guanidine groups is 1. The van der Waals surface area contributed by atoms with Gasteiger partial charge in [0.25, 0.3) is 0 Å². The van der Waals surface area contributed by atoms with Crippen LogP contribution in [0.3, 0.4) is 0 Å². The van der Waals surface area contributed by atoms with Crippen LogP contribution < -0.4 is 15.4 Å². The Morgan fingerprint density at radius 3 is 2.54 bits per heavy atom. The predicted octanol–water partition coefficient (Wildman–Crippen LogP) is 1.85. The van der Waals surface area contributed by atoms with Crippen LogP contribution in [0.15, 0.2) is 29.3 Å². The normalized spacial score (nSPS) is 11.4. The molecular weight excluding hydrogens is 306 g/mol. The Balaban J connectivity index is 2.09. The van der Waals surface area contributed by atoms with E-state index in [0.29, 0.717) is 13.2 Å². The largest absolute Gasteiger partial charge is 0.497 e. The Hall–Kier alpha value is -1.79. The molecule has 0 aliphatic carbocycles. The highest BCUT2D eigenvalue weighted by atomic mass is 16.5. The van der Waals surface area contributed by atoms with Crippen LogP contribution in [0.4, 0.5) is 0 Å². The molecule has 136 valence electrons. The van der Waals surface area contributed by atoms with Crippen molar-refractivity contribution in [3.63, 3.8) is 0 Å². The van der Waals surface area contributed by atoms with Crippen LogP contribution in [0, 0.1) is 0 Å². The highest BCUT2D eigenvalue weighted by molar-refractivity contribution is 5.79. The smallest absolute Gasteiger partial charge is 0.190 e. The third-order valence-corrected chi connectivity index (χ3v) is 3.48. The van der Waals surface area contributed by atoms with Gasteiger partial charge in [0.2, 0.25) is 0 Å². The lowest BCUT2D eigenvalue weighted by atomic mass is 10.1. The van der Waals surface area contributed by atoms with Crippen molar-refractivity contribution in [2.75, 3.05) is 54.2 Å². The molecule has 1 aromatic carbocycles. The van der Waals surface area contributed by atoms with Crippen molar-refractivity contribution in [3.8, 4) is 5.75 Å². The average Bonchev–Trinajstić information content (AvgIpc) is 2.62. The second-order valence-corrected chi connectivity index (χ2v) is 5.34. The van der Waals surface area contributed by atoms with Crippen molar-refractivity contribution >= 4 is 5.96 Å². The Kier molecular flexibility index (Phi) is 11.5. The van der Waals surface area contributed by atoms with Crippen molar-refractivity contribution in [1.82, 2.24) is 10.6 Å². The van der Waals surface area contributed by atoms with Gasteiger partial charge in [-0.25, -0.2) is 0 Å². The number of ether oxygens (including phenoxy) is 3. The van der Waals surface area contributed by atoms with E-state index in [1.165, 1.54) is 5.56 Å². The van der Waals surface area contributed by atoms with Gasteiger partial charge in [-0.2, -0.15) is 0 Å². The summed E-state index contributed by atoms with van der Waals surface area (Å²) in [6.45, 7) is 3.73. The fraction of sp³-hybridized carbons (Fsp3) is 0.611. The standard InChI is InChI=1S/C18H31N3O3/c1-19-18(21-11-6-12-24-14-13-22-2)20-10-5-8-16-7-4-9-17(15-16)23-3/h4,7,9,15H,5-6,8,10-14H2,1-3H3,(H2,19,20,21). The first-order valence-corrected chi connectivity index (χ1v) is 8.44. The van der Waals surface area contributed by atoms with E-state index in [1.807, 2.05) is 12.1 Å². The van der Waals surface area contributed by atoms with Crippen molar-refractivity contribution < 1.29 is 14.2 Å². The van der Waals surface area contributed by atoms with Crippen molar-refractivity contribution in [1.29, 1.82) is 0 Å². The van der Waals surface area contributed by atoms with Gasteiger partial charge in [-0.3, -0.25) is 4.99 Å². The average molecular weight is 337 g/mol. The van der Waals surface area contributed by atoms with Crippen LogP contribution in [0.5, 0.6) is 5.75 Å². The van der Waals surface area contributed by atoms with E-state index in [1.54, 1.807) is 21.3 Å². The molecule has 6 nitrogen and oxygen atoms in total. The topological polar surface area (TPSA) is 64.1 Å². The third-order valence-electron chi connectivity index (χ3n) is 3.48. The zero-order chi connectivity index (χ0) is 17.5. The molecule has 0 spiro atoms. The van der Waals surface area contributed by atoms with E-state index >= 15 is 0 Å². The van der Waals surface area contributed by atoms with Gasteiger partial charge in [-0.15, -0.1) is 0 Å². The first kappa shape index (κ1) is 20.3. The Morgan fingerprint density at radius 2 is 1.83 bits per heavy atom. The zero-order valence-electron chi connectivity index (χ0n) is 15.1. The molecule has 0 bridgehead atoms. The molecule has 0 aliphatic heterocycles. The minimum atomic E-state index is 0.643. The molecule has 0 saturated carbocycles. The molecule has 0 radical (unpaired) electrons. The summed E-state index contributed by atoms with van der Waals surface area (Å²) in [6.07, 6.45) is 2.98. The number of hydrogen-bond acceptors (Lipinski definition) is 4. The molecule has 1 aromatic rings. The maximum absolute atomic E-state index is 5.42. The first-order chi connectivity index (χ1) is 11.8. The van der Waals surface area contributed by atoms with Crippen LogP contribution in [0.25, 0.3) is 0 Å². The number of methoxy groups -OCH3 is 2. The molecule has 24 heavy (non-hydrogen) atoms. The number of aryl methyl sites for hydroxylation is 1. The van der Waals surface area contributed by atoms with Crippen LogP contribution in [-0.2, 0) is 15.9 Å². The van der Waals surface area contributed by atoms with E-state index < -0.39 is 0 Å². The minimum Gasteiger partial charge on any atom is -0.497 e. The lowest BCUT2D eigenvalue weighted by Crippen LogP contribution is -2.38. The number of hydrogen-bond donors (Lipinski definition) is 2. The summed E-state index contributed by atoms with van der Waals surface area (Å²) in [4.78, 5) is 4.22. The predicted molar refractivity (Wildman–Crippen MR) is 98.0 cm³/mol.